The van der Waals surface area contributed by atoms with E-state index in [0.717, 1.165) is 26.8 Å². The highest BCUT2D eigenvalue weighted by atomic mass is 32.2. The van der Waals surface area contributed by atoms with Crippen LogP contribution in [-0.4, -0.2) is 23.7 Å². The summed E-state index contributed by atoms with van der Waals surface area (Å²) in [7, 11) is -3.72. The molecule has 0 aliphatic heterocycles. The molecule has 4 rings (SSSR count). The highest BCUT2D eigenvalue weighted by molar-refractivity contribution is 7.89. The number of sulfonamides is 1. The standard InChI is InChI=1S/C21H19FN4O3S2/c1-13-20(11-23-31(28,29)18-9-7-17(8-10-18)24-14(2)27)30-21-25-19(12-26(13)21)15-3-5-16(22)6-4-15/h3-10,12,23H,11H2,1-2H3,(H,24,27). The SMILES string of the molecule is CC(=O)Nc1ccc(S(=O)(=O)NCc2sc3nc(-c4ccc(F)cc4)cn3c2C)cc1. The molecule has 0 unspecified atom stereocenters. The van der Waals surface area contributed by atoms with Gasteiger partial charge in [-0.2, -0.15) is 0 Å². The van der Waals surface area contributed by atoms with Gasteiger partial charge in [0.25, 0.3) is 0 Å². The number of aryl methyl sites for hydroxylation is 1. The van der Waals surface area contributed by atoms with Gasteiger partial charge in [-0.05, 0) is 55.5 Å². The van der Waals surface area contributed by atoms with Gasteiger partial charge >= 0.3 is 0 Å². The molecule has 0 aliphatic carbocycles. The maximum absolute atomic E-state index is 13.1. The number of halogens is 1. The monoisotopic (exact) mass is 458 g/mol. The molecule has 4 aromatic rings. The number of carbonyl (C=O) groups is 1. The van der Waals surface area contributed by atoms with Gasteiger partial charge in [0.2, 0.25) is 15.9 Å². The Morgan fingerprint density at radius 3 is 2.42 bits per heavy atom. The summed E-state index contributed by atoms with van der Waals surface area (Å²) in [5.41, 5.74) is 2.94. The molecule has 0 fully saturated rings. The van der Waals surface area contributed by atoms with Gasteiger partial charge in [-0.25, -0.2) is 22.5 Å². The Kier molecular flexibility index (Phi) is 5.61. The third kappa shape index (κ3) is 4.50. The lowest BCUT2D eigenvalue weighted by Crippen LogP contribution is -2.23. The van der Waals surface area contributed by atoms with E-state index in [1.54, 1.807) is 12.1 Å². The van der Waals surface area contributed by atoms with Crippen molar-refractivity contribution in [2.45, 2.75) is 25.3 Å². The van der Waals surface area contributed by atoms with Crippen molar-refractivity contribution in [3.05, 3.63) is 71.1 Å². The second-order valence-corrected chi connectivity index (χ2v) is 9.76. The topological polar surface area (TPSA) is 92.6 Å². The number of imidazole rings is 1. The summed E-state index contributed by atoms with van der Waals surface area (Å²) < 4.78 is 42.9. The van der Waals surface area contributed by atoms with E-state index in [2.05, 4.69) is 15.0 Å². The molecule has 2 heterocycles. The number of anilines is 1. The Morgan fingerprint density at radius 1 is 1.13 bits per heavy atom. The summed E-state index contributed by atoms with van der Waals surface area (Å²) in [6, 6.07) is 12.1. The summed E-state index contributed by atoms with van der Waals surface area (Å²) in [5.74, 6) is -0.533. The van der Waals surface area contributed by atoms with Crippen LogP contribution in [0.1, 0.15) is 17.5 Å². The lowest BCUT2D eigenvalue weighted by Gasteiger charge is -2.08. The minimum atomic E-state index is -3.72. The van der Waals surface area contributed by atoms with Gasteiger partial charge < -0.3 is 5.32 Å². The molecule has 2 aromatic carbocycles. The van der Waals surface area contributed by atoms with E-state index in [0.29, 0.717) is 5.69 Å². The van der Waals surface area contributed by atoms with Crippen LogP contribution in [-0.2, 0) is 21.4 Å². The molecule has 0 saturated carbocycles. The molecule has 0 spiro atoms. The minimum absolute atomic E-state index is 0.110. The Balaban J connectivity index is 1.50. The van der Waals surface area contributed by atoms with Crippen LogP contribution in [0.2, 0.25) is 0 Å². The third-order valence-corrected chi connectivity index (χ3v) is 7.27. The molecule has 0 atom stereocenters. The van der Waals surface area contributed by atoms with E-state index in [-0.39, 0.29) is 23.2 Å². The number of aromatic nitrogens is 2. The molecule has 1 amide bonds. The van der Waals surface area contributed by atoms with Crippen LogP contribution >= 0.6 is 11.3 Å². The molecule has 0 radical (unpaired) electrons. The van der Waals surface area contributed by atoms with Crippen LogP contribution < -0.4 is 10.0 Å². The van der Waals surface area contributed by atoms with Crippen LogP contribution in [0.4, 0.5) is 10.1 Å². The second kappa shape index (κ2) is 8.22. The number of thiazole rings is 1. The van der Waals surface area contributed by atoms with Crippen molar-refractivity contribution < 1.29 is 17.6 Å². The van der Waals surface area contributed by atoms with Crippen LogP contribution in [0, 0.1) is 12.7 Å². The smallest absolute Gasteiger partial charge is 0.240 e. The third-order valence-electron chi connectivity index (χ3n) is 4.70. The lowest BCUT2D eigenvalue weighted by molar-refractivity contribution is -0.114. The van der Waals surface area contributed by atoms with E-state index in [9.17, 15) is 17.6 Å². The maximum Gasteiger partial charge on any atom is 0.240 e. The average molecular weight is 459 g/mol. The average Bonchev–Trinajstić information content (AvgIpc) is 3.26. The van der Waals surface area contributed by atoms with Crippen molar-refractivity contribution in [2.24, 2.45) is 0 Å². The molecule has 160 valence electrons. The summed E-state index contributed by atoms with van der Waals surface area (Å²) in [6.45, 7) is 3.40. The summed E-state index contributed by atoms with van der Waals surface area (Å²) >= 11 is 1.39. The molecule has 2 aromatic heterocycles. The van der Waals surface area contributed by atoms with Gasteiger partial charge in [-0.1, -0.05) is 11.3 Å². The van der Waals surface area contributed by atoms with Crippen molar-refractivity contribution in [1.29, 1.82) is 0 Å². The number of amides is 1. The number of benzene rings is 2. The zero-order chi connectivity index (χ0) is 22.2. The predicted octanol–water partition coefficient (Wildman–Crippen LogP) is 3.95. The van der Waals surface area contributed by atoms with E-state index < -0.39 is 10.0 Å². The van der Waals surface area contributed by atoms with Crippen molar-refractivity contribution in [3.8, 4) is 11.3 Å². The van der Waals surface area contributed by atoms with E-state index in [1.807, 2.05) is 17.5 Å². The van der Waals surface area contributed by atoms with Gasteiger partial charge in [0, 0.05) is 41.5 Å². The van der Waals surface area contributed by atoms with Crippen LogP contribution in [0.25, 0.3) is 16.2 Å². The molecule has 2 N–H and O–H groups in total. The first-order chi connectivity index (χ1) is 14.7. The Labute approximate surface area is 182 Å². The van der Waals surface area contributed by atoms with Gasteiger partial charge in [-0.3, -0.25) is 9.20 Å². The zero-order valence-corrected chi connectivity index (χ0v) is 18.3. The van der Waals surface area contributed by atoms with E-state index in [4.69, 9.17) is 0 Å². The Morgan fingerprint density at radius 2 is 1.81 bits per heavy atom. The fourth-order valence-corrected chi connectivity index (χ4v) is 5.21. The highest BCUT2D eigenvalue weighted by Gasteiger charge is 2.17. The molecule has 31 heavy (non-hydrogen) atoms. The van der Waals surface area contributed by atoms with Crippen LogP contribution in [0.15, 0.2) is 59.6 Å². The van der Waals surface area contributed by atoms with Crippen molar-refractivity contribution in [3.63, 3.8) is 0 Å². The first-order valence-corrected chi connectivity index (χ1v) is 11.6. The maximum atomic E-state index is 13.1. The Hall–Kier alpha value is -3.08. The Bertz CT molecular complexity index is 1360. The largest absolute Gasteiger partial charge is 0.326 e. The highest BCUT2D eigenvalue weighted by Crippen LogP contribution is 2.27. The second-order valence-electron chi connectivity index (χ2n) is 6.93. The molecule has 7 nitrogen and oxygen atoms in total. The first-order valence-electron chi connectivity index (χ1n) is 9.33. The number of hydrogen-bond donors (Lipinski definition) is 2. The summed E-state index contributed by atoms with van der Waals surface area (Å²) in [5, 5.41) is 2.60. The van der Waals surface area contributed by atoms with Crippen molar-refractivity contribution in [2.75, 3.05) is 5.32 Å². The molecule has 0 saturated heterocycles. The molecule has 0 bridgehead atoms. The summed E-state index contributed by atoms with van der Waals surface area (Å²) in [4.78, 5) is 17.3. The number of carbonyl (C=O) groups excluding carboxylic acids is 1. The van der Waals surface area contributed by atoms with Gasteiger partial charge in [0.05, 0.1) is 10.6 Å². The minimum Gasteiger partial charge on any atom is -0.326 e. The number of nitrogens with zero attached hydrogens (tertiary/aromatic N) is 2. The molecule has 0 aliphatic rings. The zero-order valence-electron chi connectivity index (χ0n) is 16.7. The van der Waals surface area contributed by atoms with Crippen molar-refractivity contribution >= 4 is 37.9 Å². The van der Waals surface area contributed by atoms with E-state index >= 15 is 0 Å². The fourth-order valence-electron chi connectivity index (χ4n) is 3.08. The molecular weight excluding hydrogens is 439 g/mol. The lowest BCUT2D eigenvalue weighted by atomic mass is 10.2. The number of hydrogen-bond acceptors (Lipinski definition) is 5. The van der Waals surface area contributed by atoms with Crippen molar-refractivity contribution in [1.82, 2.24) is 14.1 Å². The van der Waals surface area contributed by atoms with Gasteiger partial charge in [0.15, 0.2) is 4.96 Å². The quantitative estimate of drug-likeness (QED) is 0.458. The number of fused-ring (bicyclic) bond motifs is 1. The summed E-state index contributed by atoms with van der Waals surface area (Å²) in [6.07, 6.45) is 1.85. The number of nitrogens with one attached hydrogen (secondary N) is 2. The molecule has 10 heteroatoms. The first kappa shape index (κ1) is 21.2. The predicted molar refractivity (Wildman–Crippen MR) is 118 cm³/mol. The fraction of sp³-hybridized carbons (Fsp3) is 0.143. The van der Waals surface area contributed by atoms with E-state index in [1.165, 1.54) is 54.7 Å². The molecular formula is C21H19FN4O3S2. The van der Waals surface area contributed by atoms with Crippen LogP contribution in [0.5, 0.6) is 0 Å². The van der Waals surface area contributed by atoms with Gasteiger partial charge in [-0.15, -0.1) is 0 Å². The van der Waals surface area contributed by atoms with Crippen LogP contribution in [0.3, 0.4) is 0 Å². The normalized spacial score (nSPS) is 11.7. The van der Waals surface area contributed by atoms with Gasteiger partial charge in [0.1, 0.15) is 5.82 Å². The number of rotatable bonds is 6.